The molecule has 10 heteroatoms. The van der Waals surface area contributed by atoms with Crippen molar-refractivity contribution in [1.29, 1.82) is 0 Å². The Kier molecular flexibility index (Phi) is 6.48. The fraction of sp³-hybridized carbons (Fsp3) is 0.261. The number of rotatable bonds is 3. The minimum atomic E-state index is -5.08. The number of anilines is 1. The average molecular weight is 460 g/mol. The van der Waals surface area contributed by atoms with Gasteiger partial charge in [0.1, 0.15) is 5.69 Å². The maximum atomic E-state index is 13.0. The summed E-state index contributed by atoms with van der Waals surface area (Å²) >= 11 is 0. The summed E-state index contributed by atoms with van der Waals surface area (Å²) in [5.41, 5.74) is 5.61. The monoisotopic (exact) mass is 460 g/mol. The van der Waals surface area contributed by atoms with Gasteiger partial charge in [0, 0.05) is 24.2 Å². The van der Waals surface area contributed by atoms with Gasteiger partial charge in [0.2, 0.25) is 0 Å². The molecule has 0 aliphatic heterocycles. The minimum Gasteiger partial charge on any atom is -0.475 e. The van der Waals surface area contributed by atoms with E-state index in [1.54, 1.807) is 6.20 Å². The molecule has 0 atom stereocenters. The SMILES string of the molecule is Cc1ccc(NC(=O)c2cc3c(c4ccccc4n3C)n2C(C)C)cn1.O=C(O)C(F)(F)F. The highest BCUT2D eigenvalue weighted by Crippen LogP contribution is 2.33. The third-order valence-corrected chi connectivity index (χ3v) is 5.06. The second kappa shape index (κ2) is 8.97. The lowest BCUT2D eigenvalue weighted by Gasteiger charge is -2.14. The number of nitrogens with zero attached hydrogens (tertiary/aromatic N) is 3. The lowest BCUT2D eigenvalue weighted by Crippen LogP contribution is -2.21. The number of pyridine rings is 1. The van der Waals surface area contributed by atoms with E-state index in [1.165, 1.54) is 5.52 Å². The predicted molar refractivity (Wildman–Crippen MR) is 119 cm³/mol. The van der Waals surface area contributed by atoms with Gasteiger partial charge in [-0.2, -0.15) is 13.2 Å². The van der Waals surface area contributed by atoms with E-state index in [2.05, 4.69) is 45.4 Å². The Bertz CT molecular complexity index is 1320. The van der Waals surface area contributed by atoms with Crippen LogP contribution < -0.4 is 5.32 Å². The number of hydrogen-bond donors (Lipinski definition) is 2. The number of carbonyl (C=O) groups is 2. The number of para-hydroxylation sites is 1. The van der Waals surface area contributed by atoms with Crippen LogP contribution in [0.25, 0.3) is 21.9 Å². The van der Waals surface area contributed by atoms with Crippen molar-refractivity contribution in [2.45, 2.75) is 33.0 Å². The van der Waals surface area contributed by atoms with E-state index in [-0.39, 0.29) is 11.9 Å². The van der Waals surface area contributed by atoms with Gasteiger partial charge in [0.05, 0.1) is 28.4 Å². The molecule has 33 heavy (non-hydrogen) atoms. The Balaban J connectivity index is 0.000000383. The molecule has 2 N–H and O–H groups in total. The van der Waals surface area contributed by atoms with Crippen molar-refractivity contribution >= 4 is 39.5 Å². The number of carboxylic acid groups (broad SMARTS) is 1. The molecule has 0 aliphatic rings. The normalized spacial score (nSPS) is 11.5. The zero-order valence-corrected chi connectivity index (χ0v) is 18.4. The molecular weight excluding hydrogens is 437 g/mol. The fourth-order valence-electron chi connectivity index (χ4n) is 3.58. The van der Waals surface area contributed by atoms with E-state index >= 15 is 0 Å². The fourth-order valence-corrected chi connectivity index (χ4v) is 3.58. The second-order valence-corrected chi connectivity index (χ2v) is 7.75. The molecule has 7 nitrogen and oxygen atoms in total. The van der Waals surface area contributed by atoms with Crippen LogP contribution in [0, 0.1) is 6.92 Å². The number of carboxylic acids is 1. The standard InChI is InChI=1S/C21H22N4O.C2HF3O2/c1-13(2)25-19(21(26)23-15-10-9-14(3)22-12-15)11-18-20(25)16-7-5-6-8-17(16)24(18)4;3-2(4,5)1(6)7/h5-13H,1-4H3,(H,23,26);(H,6,7). The Morgan fingerprint density at radius 1 is 1.09 bits per heavy atom. The number of benzene rings is 1. The molecule has 0 aliphatic carbocycles. The van der Waals surface area contributed by atoms with E-state index in [0.717, 1.165) is 22.1 Å². The van der Waals surface area contributed by atoms with Crippen molar-refractivity contribution < 1.29 is 27.9 Å². The molecule has 1 amide bonds. The summed E-state index contributed by atoms with van der Waals surface area (Å²) in [6.07, 6.45) is -3.40. The second-order valence-electron chi connectivity index (χ2n) is 7.75. The van der Waals surface area contributed by atoms with Crippen LogP contribution in [-0.4, -0.2) is 37.3 Å². The number of fused-ring (bicyclic) bond motifs is 3. The van der Waals surface area contributed by atoms with Crippen LogP contribution in [0.15, 0.2) is 48.7 Å². The summed E-state index contributed by atoms with van der Waals surface area (Å²) in [6, 6.07) is 14.2. The third kappa shape index (κ3) is 4.84. The van der Waals surface area contributed by atoms with Crippen molar-refractivity contribution in [3.8, 4) is 0 Å². The molecule has 3 aromatic heterocycles. The first-order chi connectivity index (χ1) is 15.4. The Morgan fingerprint density at radius 3 is 2.27 bits per heavy atom. The van der Waals surface area contributed by atoms with Crippen LogP contribution in [0.5, 0.6) is 0 Å². The number of aliphatic carboxylic acids is 1. The molecular formula is C23H23F3N4O3. The van der Waals surface area contributed by atoms with Crippen molar-refractivity contribution in [3.05, 3.63) is 60.0 Å². The molecule has 0 saturated carbocycles. The molecule has 3 heterocycles. The lowest BCUT2D eigenvalue weighted by molar-refractivity contribution is -0.192. The molecule has 174 valence electrons. The largest absolute Gasteiger partial charge is 0.490 e. The van der Waals surface area contributed by atoms with Gasteiger partial charge in [-0.3, -0.25) is 9.78 Å². The first-order valence-electron chi connectivity index (χ1n) is 10.0. The van der Waals surface area contributed by atoms with E-state index in [4.69, 9.17) is 9.90 Å². The maximum absolute atomic E-state index is 13.0. The molecule has 0 bridgehead atoms. The van der Waals surface area contributed by atoms with Crippen molar-refractivity contribution in [2.24, 2.45) is 7.05 Å². The first kappa shape index (κ1) is 23.8. The van der Waals surface area contributed by atoms with Gasteiger partial charge in [0.15, 0.2) is 0 Å². The summed E-state index contributed by atoms with van der Waals surface area (Å²) in [5.74, 6) is -2.88. The molecule has 0 unspecified atom stereocenters. The molecule has 0 fully saturated rings. The van der Waals surface area contributed by atoms with Crippen LogP contribution >= 0.6 is 0 Å². The number of halogens is 3. The molecule has 4 aromatic rings. The van der Waals surface area contributed by atoms with Crippen molar-refractivity contribution in [1.82, 2.24) is 14.1 Å². The smallest absolute Gasteiger partial charge is 0.475 e. The number of hydrogen-bond acceptors (Lipinski definition) is 3. The van der Waals surface area contributed by atoms with Crippen LogP contribution in [-0.2, 0) is 11.8 Å². The quantitative estimate of drug-likeness (QED) is 0.434. The number of alkyl halides is 3. The van der Waals surface area contributed by atoms with Crippen molar-refractivity contribution in [2.75, 3.05) is 5.32 Å². The van der Waals surface area contributed by atoms with Gasteiger partial charge in [-0.15, -0.1) is 0 Å². The summed E-state index contributed by atoms with van der Waals surface area (Å²) in [4.78, 5) is 26.1. The van der Waals surface area contributed by atoms with Crippen LogP contribution in [0.3, 0.4) is 0 Å². The van der Waals surface area contributed by atoms with Gasteiger partial charge in [-0.1, -0.05) is 18.2 Å². The summed E-state index contributed by atoms with van der Waals surface area (Å²) in [7, 11) is 2.04. The molecule has 4 rings (SSSR count). The van der Waals surface area contributed by atoms with E-state index < -0.39 is 12.1 Å². The highest BCUT2D eigenvalue weighted by Gasteiger charge is 2.38. The highest BCUT2D eigenvalue weighted by atomic mass is 19.4. The van der Waals surface area contributed by atoms with Gasteiger partial charge in [0.25, 0.3) is 5.91 Å². The lowest BCUT2D eigenvalue weighted by atomic mass is 10.2. The van der Waals surface area contributed by atoms with Crippen LogP contribution in [0.4, 0.5) is 18.9 Å². The van der Waals surface area contributed by atoms with Gasteiger partial charge >= 0.3 is 12.1 Å². The summed E-state index contributed by atoms with van der Waals surface area (Å²) in [5, 5.41) is 11.3. The van der Waals surface area contributed by atoms with Gasteiger partial charge in [-0.05, 0) is 45.0 Å². The highest BCUT2D eigenvalue weighted by molar-refractivity contribution is 6.12. The number of amides is 1. The number of nitrogens with one attached hydrogen (secondary N) is 1. The van der Waals surface area contributed by atoms with Gasteiger partial charge in [-0.25, -0.2) is 4.79 Å². The summed E-state index contributed by atoms with van der Waals surface area (Å²) in [6.45, 7) is 6.13. The average Bonchev–Trinajstić information content (AvgIpc) is 3.26. The van der Waals surface area contributed by atoms with Gasteiger partial charge < -0.3 is 19.6 Å². The Hall–Kier alpha value is -3.82. The van der Waals surface area contributed by atoms with E-state index in [0.29, 0.717) is 11.4 Å². The Morgan fingerprint density at radius 2 is 1.73 bits per heavy atom. The molecule has 0 saturated heterocycles. The minimum absolute atomic E-state index is 0.121. The molecule has 1 aromatic carbocycles. The molecule has 0 spiro atoms. The predicted octanol–water partition coefficient (Wildman–Crippen LogP) is 5.30. The first-order valence-corrected chi connectivity index (χ1v) is 10.0. The number of aryl methyl sites for hydroxylation is 2. The van der Waals surface area contributed by atoms with Crippen LogP contribution in [0.2, 0.25) is 0 Å². The summed E-state index contributed by atoms with van der Waals surface area (Å²) < 4.78 is 36.0. The van der Waals surface area contributed by atoms with E-state index in [9.17, 15) is 18.0 Å². The third-order valence-electron chi connectivity index (χ3n) is 5.06. The number of carbonyl (C=O) groups excluding carboxylic acids is 1. The maximum Gasteiger partial charge on any atom is 0.490 e. The number of aromatic nitrogens is 3. The zero-order chi connectivity index (χ0) is 24.5. The van der Waals surface area contributed by atoms with Crippen molar-refractivity contribution in [3.63, 3.8) is 0 Å². The zero-order valence-electron chi connectivity index (χ0n) is 18.4. The Labute approximate surface area is 187 Å². The van der Waals surface area contributed by atoms with E-state index in [1.807, 2.05) is 44.3 Å². The molecule has 0 radical (unpaired) electrons. The van der Waals surface area contributed by atoms with Crippen LogP contribution in [0.1, 0.15) is 36.1 Å². The topological polar surface area (TPSA) is 89.2 Å².